The molecule has 0 amide bonds. The molecular formula is C22H32N6O4S. The summed E-state index contributed by atoms with van der Waals surface area (Å²) in [7, 11) is 0. The lowest BCUT2D eigenvalue weighted by atomic mass is 9.83. The Morgan fingerprint density at radius 3 is 2.09 bits per heavy atom. The minimum atomic E-state index is -1.00. The first kappa shape index (κ1) is 23.7. The molecule has 2 aliphatic heterocycles. The van der Waals surface area contributed by atoms with Crippen molar-refractivity contribution in [3.8, 4) is 0 Å². The molecule has 0 unspecified atom stereocenters. The van der Waals surface area contributed by atoms with Gasteiger partial charge in [-0.3, -0.25) is 5.32 Å². The quantitative estimate of drug-likeness (QED) is 0.493. The van der Waals surface area contributed by atoms with Crippen LogP contribution in [0.1, 0.15) is 54.9 Å². The van der Waals surface area contributed by atoms with E-state index in [1.807, 2.05) is 19.9 Å². The number of thiazole rings is 1. The van der Waals surface area contributed by atoms with Gasteiger partial charge in [-0.2, -0.15) is 9.97 Å². The van der Waals surface area contributed by atoms with E-state index in [2.05, 4.69) is 25.1 Å². The number of aliphatic hydroxyl groups excluding tert-OH is 1. The van der Waals surface area contributed by atoms with Crippen LogP contribution in [0, 0.1) is 12.8 Å². The van der Waals surface area contributed by atoms with E-state index in [1.54, 1.807) is 6.92 Å². The summed E-state index contributed by atoms with van der Waals surface area (Å²) in [5.74, 6) is 1.16. The Kier molecular flexibility index (Phi) is 6.73. The zero-order chi connectivity index (χ0) is 23.8. The number of hydrogen-bond donors (Lipinski definition) is 4. The molecule has 180 valence electrons. The number of piperidine rings is 2. The highest BCUT2D eigenvalue weighted by molar-refractivity contribution is 7.17. The van der Waals surface area contributed by atoms with Gasteiger partial charge in [0, 0.05) is 32.2 Å². The second-order valence-electron chi connectivity index (χ2n) is 9.40. The minimum absolute atomic E-state index is 0.188. The number of nitrogens with one attached hydrogen (secondary N) is 1. The molecule has 0 saturated carbocycles. The molecule has 33 heavy (non-hydrogen) atoms. The minimum Gasteiger partial charge on any atom is -0.477 e. The number of aromatic carboxylic acids is 1. The maximum absolute atomic E-state index is 11.4. The molecule has 4 heterocycles. The number of aryl methyl sites for hydroxylation is 1. The molecule has 2 aromatic rings. The number of carbonyl (C=O) groups is 1. The molecule has 0 spiro atoms. The number of carboxylic acids is 1. The number of hydrogen-bond acceptors (Lipinski definition) is 10. The van der Waals surface area contributed by atoms with Gasteiger partial charge in [0.2, 0.25) is 5.95 Å². The van der Waals surface area contributed by atoms with Crippen molar-refractivity contribution in [2.45, 2.75) is 58.2 Å². The van der Waals surface area contributed by atoms with Crippen LogP contribution in [0.3, 0.4) is 0 Å². The smallest absolute Gasteiger partial charge is 0.347 e. The van der Waals surface area contributed by atoms with E-state index < -0.39 is 11.6 Å². The standard InChI is InChI=1S/C22H32N6O4S/c1-13-18(19(30)31)33-21(23-13)26-20-24-16(27-8-4-14(5-9-27)22(2,3)32)12-17(25-20)28-10-6-15(29)7-11-28/h12,14-15,29,32H,4-11H2,1-3H3,(H,30,31)(H,23,24,25,26). The average molecular weight is 477 g/mol. The van der Waals surface area contributed by atoms with Gasteiger partial charge in [0.25, 0.3) is 0 Å². The fourth-order valence-corrected chi connectivity index (χ4v) is 5.25. The van der Waals surface area contributed by atoms with E-state index in [0.717, 1.165) is 48.9 Å². The van der Waals surface area contributed by atoms with Crippen molar-refractivity contribution in [1.29, 1.82) is 0 Å². The largest absolute Gasteiger partial charge is 0.477 e. The van der Waals surface area contributed by atoms with Crippen LogP contribution in [-0.2, 0) is 0 Å². The predicted octanol–water partition coefficient (Wildman–Crippen LogP) is 2.63. The summed E-state index contributed by atoms with van der Waals surface area (Å²) in [6, 6.07) is 1.98. The van der Waals surface area contributed by atoms with Gasteiger partial charge in [0.1, 0.15) is 16.5 Å². The lowest BCUT2D eigenvalue weighted by molar-refractivity contribution is 0.00645. The maximum Gasteiger partial charge on any atom is 0.347 e. The summed E-state index contributed by atoms with van der Waals surface area (Å²) in [5, 5.41) is 33.1. The van der Waals surface area contributed by atoms with Gasteiger partial charge in [-0.25, -0.2) is 9.78 Å². The zero-order valence-electron chi connectivity index (χ0n) is 19.3. The third kappa shape index (κ3) is 5.53. The van der Waals surface area contributed by atoms with Crippen molar-refractivity contribution in [2.75, 3.05) is 41.3 Å². The normalized spacial score (nSPS) is 18.6. The van der Waals surface area contributed by atoms with Gasteiger partial charge < -0.3 is 25.1 Å². The number of aromatic nitrogens is 3. The third-order valence-corrected chi connectivity index (χ3v) is 7.58. The van der Waals surface area contributed by atoms with Gasteiger partial charge in [0.15, 0.2) is 5.13 Å². The highest BCUT2D eigenvalue weighted by Crippen LogP contribution is 2.32. The van der Waals surface area contributed by atoms with Crippen LogP contribution in [0.25, 0.3) is 0 Å². The first-order valence-electron chi connectivity index (χ1n) is 11.4. The van der Waals surface area contributed by atoms with Crippen molar-refractivity contribution in [1.82, 2.24) is 15.0 Å². The first-order chi connectivity index (χ1) is 15.6. The second-order valence-corrected chi connectivity index (χ2v) is 10.4. The number of nitrogens with zero attached hydrogens (tertiary/aromatic N) is 5. The number of carboxylic acid groups (broad SMARTS) is 1. The molecule has 0 atom stereocenters. The Labute approximate surface area is 197 Å². The lowest BCUT2D eigenvalue weighted by Gasteiger charge is -2.38. The van der Waals surface area contributed by atoms with Crippen LogP contribution in [0.5, 0.6) is 0 Å². The molecular weight excluding hydrogens is 444 g/mol. The first-order valence-corrected chi connectivity index (χ1v) is 12.2. The fourth-order valence-electron chi connectivity index (χ4n) is 4.46. The summed E-state index contributed by atoms with van der Waals surface area (Å²) >= 11 is 1.06. The summed E-state index contributed by atoms with van der Waals surface area (Å²) in [5.41, 5.74) is -0.250. The van der Waals surface area contributed by atoms with E-state index in [9.17, 15) is 20.1 Å². The summed E-state index contributed by atoms with van der Waals surface area (Å²) < 4.78 is 0. The molecule has 0 radical (unpaired) electrons. The van der Waals surface area contributed by atoms with Crippen molar-refractivity contribution in [3.63, 3.8) is 0 Å². The topological polar surface area (TPSA) is 135 Å². The number of rotatable bonds is 6. The van der Waals surface area contributed by atoms with E-state index in [0.29, 0.717) is 42.7 Å². The Morgan fingerprint density at radius 2 is 1.61 bits per heavy atom. The van der Waals surface area contributed by atoms with Gasteiger partial charge in [0.05, 0.1) is 17.4 Å². The Balaban J connectivity index is 1.60. The van der Waals surface area contributed by atoms with E-state index in [-0.39, 0.29) is 16.9 Å². The van der Waals surface area contributed by atoms with Gasteiger partial charge in [-0.1, -0.05) is 11.3 Å². The van der Waals surface area contributed by atoms with Crippen molar-refractivity contribution in [3.05, 3.63) is 16.6 Å². The summed E-state index contributed by atoms with van der Waals surface area (Å²) in [6.45, 7) is 8.37. The zero-order valence-corrected chi connectivity index (χ0v) is 20.1. The highest BCUT2D eigenvalue weighted by Gasteiger charge is 2.31. The second kappa shape index (κ2) is 9.40. The molecule has 10 nitrogen and oxygen atoms in total. The summed E-state index contributed by atoms with van der Waals surface area (Å²) in [6.07, 6.45) is 2.83. The Hall–Kier alpha value is -2.50. The van der Waals surface area contributed by atoms with Crippen molar-refractivity contribution >= 4 is 40.0 Å². The van der Waals surface area contributed by atoms with Crippen LogP contribution >= 0.6 is 11.3 Å². The van der Waals surface area contributed by atoms with Gasteiger partial charge in [-0.05, 0) is 52.4 Å². The maximum atomic E-state index is 11.4. The van der Waals surface area contributed by atoms with Crippen molar-refractivity contribution in [2.24, 2.45) is 5.92 Å². The molecule has 2 fully saturated rings. The van der Waals surface area contributed by atoms with Gasteiger partial charge >= 0.3 is 5.97 Å². The molecule has 2 saturated heterocycles. The molecule has 2 aliphatic rings. The Morgan fingerprint density at radius 1 is 1.06 bits per heavy atom. The molecule has 4 rings (SSSR count). The highest BCUT2D eigenvalue weighted by atomic mass is 32.1. The van der Waals surface area contributed by atoms with Crippen LogP contribution in [-0.4, -0.2) is 74.1 Å². The monoisotopic (exact) mass is 476 g/mol. The number of anilines is 4. The molecule has 2 aromatic heterocycles. The fraction of sp³-hybridized carbons (Fsp3) is 0.636. The Bertz CT molecular complexity index is 991. The average Bonchev–Trinajstić information content (AvgIpc) is 3.13. The van der Waals surface area contributed by atoms with E-state index >= 15 is 0 Å². The van der Waals surface area contributed by atoms with Crippen LogP contribution < -0.4 is 15.1 Å². The SMILES string of the molecule is Cc1nc(Nc2nc(N3CCC(O)CC3)cc(N3CCC(C(C)(C)O)CC3)n2)sc1C(=O)O. The summed E-state index contributed by atoms with van der Waals surface area (Å²) in [4.78, 5) is 29.6. The van der Waals surface area contributed by atoms with Crippen molar-refractivity contribution < 1.29 is 20.1 Å². The molecule has 4 N–H and O–H groups in total. The molecule has 0 bridgehead atoms. The molecule has 11 heteroatoms. The van der Waals surface area contributed by atoms with Crippen LogP contribution in [0.2, 0.25) is 0 Å². The third-order valence-electron chi connectivity index (χ3n) is 6.52. The van der Waals surface area contributed by atoms with E-state index in [4.69, 9.17) is 4.98 Å². The number of aliphatic hydroxyl groups is 2. The molecule has 0 aromatic carbocycles. The van der Waals surface area contributed by atoms with E-state index in [1.165, 1.54) is 0 Å². The lowest BCUT2D eigenvalue weighted by Crippen LogP contribution is -2.42. The van der Waals surface area contributed by atoms with Crippen LogP contribution in [0.15, 0.2) is 6.07 Å². The van der Waals surface area contributed by atoms with Gasteiger partial charge in [-0.15, -0.1) is 0 Å². The predicted molar refractivity (Wildman–Crippen MR) is 128 cm³/mol. The molecule has 0 aliphatic carbocycles. The van der Waals surface area contributed by atoms with Crippen LogP contribution in [0.4, 0.5) is 22.7 Å².